The fourth-order valence-electron chi connectivity index (χ4n) is 8.70. The molecular formula is C32H34ClN3O. The molecule has 8 rings (SSSR count). The van der Waals surface area contributed by atoms with Crippen LogP contribution in [0.5, 0.6) is 0 Å². The van der Waals surface area contributed by atoms with E-state index >= 15 is 0 Å². The van der Waals surface area contributed by atoms with Crippen LogP contribution in [0.1, 0.15) is 73.9 Å². The molecule has 2 N–H and O–H groups in total. The monoisotopic (exact) mass is 511 g/mol. The van der Waals surface area contributed by atoms with Crippen LogP contribution in [-0.2, 0) is 11.2 Å². The highest BCUT2D eigenvalue weighted by atomic mass is 35.5. The van der Waals surface area contributed by atoms with Crippen LogP contribution in [0.4, 0.5) is 5.69 Å². The summed E-state index contributed by atoms with van der Waals surface area (Å²) in [6.45, 7) is 2.12. The van der Waals surface area contributed by atoms with Gasteiger partial charge in [-0.25, -0.2) is 0 Å². The standard InChI is InChI=1S/C32H34ClN3O/c1-3-20-4-9-28-26(14-20)27-10-19(2)36(29(37)18-33)31(30(27)34-28)24-5-7-25(8-6-24)35-32-15-21-11-22(16-32)13-23(12-21)17-32/h1,4-9,14,19,21-23,31,34-35H,10-13,15-18H2,2H3/t19-,21?,22?,23?,31-,32?/m0/s1. The summed E-state index contributed by atoms with van der Waals surface area (Å²) >= 11 is 6.11. The minimum atomic E-state index is -0.208. The Kier molecular flexibility index (Phi) is 5.38. The number of rotatable bonds is 4. The minimum absolute atomic E-state index is 0.0245. The molecule has 2 atom stereocenters. The first kappa shape index (κ1) is 23.2. The highest BCUT2D eigenvalue weighted by molar-refractivity contribution is 6.27. The number of H-pyrrole nitrogens is 1. The summed E-state index contributed by atoms with van der Waals surface area (Å²) in [6.07, 6.45) is 14.8. The van der Waals surface area contributed by atoms with Crippen LogP contribution in [0, 0.1) is 30.1 Å². The third-order valence-electron chi connectivity index (χ3n) is 9.71. The second-order valence-corrected chi connectivity index (χ2v) is 12.5. The molecule has 37 heavy (non-hydrogen) atoms. The molecule has 3 aromatic rings. The van der Waals surface area contributed by atoms with Crippen molar-refractivity contribution in [3.05, 3.63) is 64.8 Å². The van der Waals surface area contributed by atoms with E-state index in [1.807, 2.05) is 11.0 Å². The van der Waals surface area contributed by atoms with E-state index in [1.54, 1.807) is 0 Å². The average molecular weight is 512 g/mol. The highest BCUT2D eigenvalue weighted by Gasteiger charge is 2.51. The van der Waals surface area contributed by atoms with E-state index in [4.69, 9.17) is 18.0 Å². The second-order valence-electron chi connectivity index (χ2n) is 12.3. The highest BCUT2D eigenvalue weighted by Crippen LogP contribution is 2.56. The summed E-state index contributed by atoms with van der Waals surface area (Å²) in [6, 6.07) is 14.8. The molecule has 4 saturated carbocycles. The number of carbonyl (C=O) groups is 1. The molecule has 2 aromatic carbocycles. The Labute approximate surface area is 224 Å². The summed E-state index contributed by atoms with van der Waals surface area (Å²) in [5.74, 6) is 5.43. The van der Waals surface area contributed by atoms with Crippen LogP contribution in [0.25, 0.3) is 10.9 Å². The first-order valence-electron chi connectivity index (χ1n) is 13.8. The Morgan fingerprint density at radius 3 is 2.41 bits per heavy atom. The van der Waals surface area contributed by atoms with Crippen molar-refractivity contribution in [1.29, 1.82) is 0 Å². The van der Waals surface area contributed by atoms with E-state index in [0.717, 1.165) is 51.9 Å². The van der Waals surface area contributed by atoms with Crippen molar-refractivity contribution in [2.75, 3.05) is 11.2 Å². The van der Waals surface area contributed by atoms with E-state index < -0.39 is 0 Å². The van der Waals surface area contributed by atoms with Gasteiger partial charge in [0.15, 0.2) is 0 Å². The quantitative estimate of drug-likeness (QED) is 0.305. The third kappa shape index (κ3) is 3.77. The maximum atomic E-state index is 13.1. The number of fused-ring (bicyclic) bond motifs is 3. The smallest absolute Gasteiger partial charge is 0.238 e. The lowest BCUT2D eigenvalue weighted by Gasteiger charge is -2.57. The summed E-state index contributed by atoms with van der Waals surface area (Å²) in [5.41, 5.74) is 6.82. The molecule has 1 aliphatic heterocycles. The number of hydrogen-bond acceptors (Lipinski definition) is 2. The van der Waals surface area contributed by atoms with Gasteiger partial charge in [-0.3, -0.25) is 4.79 Å². The summed E-state index contributed by atoms with van der Waals surface area (Å²) in [4.78, 5) is 18.7. The molecule has 0 unspecified atom stereocenters. The number of halogens is 1. The van der Waals surface area contributed by atoms with Crippen LogP contribution >= 0.6 is 11.6 Å². The SMILES string of the molecule is C#Cc1ccc2[nH]c3c(c2c1)C[C@H](C)N(C(=O)CCl)[C@H]3c1ccc(NC23CC4CC(CC(C4)C2)C3)cc1. The van der Waals surface area contributed by atoms with Gasteiger partial charge in [0.05, 0.1) is 6.04 Å². The van der Waals surface area contributed by atoms with Crippen LogP contribution in [0.15, 0.2) is 42.5 Å². The lowest BCUT2D eigenvalue weighted by molar-refractivity contribution is -0.133. The predicted molar refractivity (Wildman–Crippen MR) is 150 cm³/mol. The van der Waals surface area contributed by atoms with Gasteiger partial charge in [-0.15, -0.1) is 18.0 Å². The normalized spacial score (nSPS) is 31.8. The minimum Gasteiger partial charge on any atom is -0.380 e. The largest absolute Gasteiger partial charge is 0.380 e. The molecule has 4 nitrogen and oxygen atoms in total. The molecule has 5 aliphatic rings. The van der Waals surface area contributed by atoms with Gasteiger partial charge in [-0.05, 0) is 111 Å². The van der Waals surface area contributed by atoms with Crippen LogP contribution in [0.3, 0.4) is 0 Å². The number of nitrogens with zero attached hydrogens (tertiary/aromatic N) is 1. The molecule has 1 amide bonds. The van der Waals surface area contributed by atoms with Crippen LogP contribution < -0.4 is 5.32 Å². The molecule has 0 spiro atoms. The molecule has 4 aliphatic carbocycles. The third-order valence-corrected chi connectivity index (χ3v) is 9.94. The Morgan fingerprint density at radius 1 is 1.11 bits per heavy atom. The van der Waals surface area contributed by atoms with Gasteiger partial charge in [-0.1, -0.05) is 18.1 Å². The van der Waals surface area contributed by atoms with Crippen molar-refractivity contribution in [2.24, 2.45) is 17.8 Å². The van der Waals surface area contributed by atoms with Gasteiger partial charge in [0, 0.05) is 39.4 Å². The van der Waals surface area contributed by atoms with Crippen molar-refractivity contribution in [1.82, 2.24) is 9.88 Å². The summed E-state index contributed by atoms with van der Waals surface area (Å²) in [7, 11) is 0. The van der Waals surface area contributed by atoms with Crippen molar-refractivity contribution in [3.8, 4) is 12.3 Å². The predicted octanol–water partition coefficient (Wildman–Crippen LogP) is 6.63. The lowest BCUT2D eigenvalue weighted by Crippen LogP contribution is -2.54. The van der Waals surface area contributed by atoms with Crippen LogP contribution in [-0.4, -0.2) is 33.3 Å². The fourth-order valence-corrected chi connectivity index (χ4v) is 8.84. The molecule has 0 saturated heterocycles. The molecule has 4 fully saturated rings. The Morgan fingerprint density at radius 2 is 1.78 bits per heavy atom. The lowest BCUT2D eigenvalue weighted by atomic mass is 9.53. The number of carbonyl (C=O) groups excluding carboxylic acids is 1. The number of nitrogens with one attached hydrogen (secondary N) is 2. The van der Waals surface area contributed by atoms with Crippen molar-refractivity contribution >= 4 is 34.1 Å². The Balaban J connectivity index is 1.25. The van der Waals surface area contributed by atoms with E-state index in [2.05, 4.69) is 59.5 Å². The summed E-state index contributed by atoms with van der Waals surface area (Å²) < 4.78 is 0. The van der Waals surface area contributed by atoms with E-state index in [1.165, 1.54) is 49.8 Å². The number of benzene rings is 2. The zero-order valence-electron chi connectivity index (χ0n) is 21.4. The zero-order chi connectivity index (χ0) is 25.3. The molecule has 4 bridgehead atoms. The zero-order valence-corrected chi connectivity index (χ0v) is 22.2. The van der Waals surface area contributed by atoms with E-state index in [9.17, 15) is 4.79 Å². The number of terminal acetylenes is 1. The summed E-state index contributed by atoms with van der Waals surface area (Å²) in [5, 5.41) is 5.15. The fraction of sp³-hybridized carbons (Fsp3) is 0.469. The van der Waals surface area contributed by atoms with Gasteiger partial charge in [0.2, 0.25) is 5.91 Å². The molecule has 190 valence electrons. The molecule has 1 aromatic heterocycles. The van der Waals surface area contributed by atoms with Gasteiger partial charge >= 0.3 is 0 Å². The van der Waals surface area contributed by atoms with Crippen LogP contribution in [0.2, 0.25) is 0 Å². The number of anilines is 1. The number of hydrogen-bond donors (Lipinski definition) is 2. The van der Waals surface area contributed by atoms with Gasteiger partial charge < -0.3 is 15.2 Å². The molecule has 0 radical (unpaired) electrons. The number of aromatic amines is 1. The molecule has 5 heteroatoms. The molecule has 2 heterocycles. The van der Waals surface area contributed by atoms with E-state index in [-0.39, 0.29) is 29.4 Å². The number of alkyl halides is 1. The number of amides is 1. The Bertz CT molecular complexity index is 1380. The van der Waals surface area contributed by atoms with Gasteiger partial charge in [-0.2, -0.15) is 0 Å². The maximum Gasteiger partial charge on any atom is 0.238 e. The first-order chi connectivity index (χ1) is 17.9. The van der Waals surface area contributed by atoms with Gasteiger partial charge in [0.25, 0.3) is 0 Å². The average Bonchev–Trinajstić information content (AvgIpc) is 3.24. The second kappa shape index (κ2) is 8.57. The molecular weight excluding hydrogens is 478 g/mol. The first-order valence-corrected chi connectivity index (χ1v) is 14.3. The maximum absolute atomic E-state index is 13.1. The Hall–Kier alpha value is -2.90. The van der Waals surface area contributed by atoms with Crippen molar-refractivity contribution < 1.29 is 4.79 Å². The van der Waals surface area contributed by atoms with Crippen molar-refractivity contribution in [3.63, 3.8) is 0 Å². The van der Waals surface area contributed by atoms with Crippen molar-refractivity contribution in [2.45, 2.75) is 69.5 Å². The number of aromatic nitrogens is 1. The van der Waals surface area contributed by atoms with E-state index in [0.29, 0.717) is 0 Å². The van der Waals surface area contributed by atoms with Gasteiger partial charge in [0.1, 0.15) is 5.88 Å². The topological polar surface area (TPSA) is 48.1 Å².